The van der Waals surface area contributed by atoms with Crippen molar-refractivity contribution in [2.75, 3.05) is 0 Å². The maximum Gasteiger partial charge on any atom is 0.303 e. The minimum Gasteiger partial charge on any atom is -0.481 e. The minimum atomic E-state index is -0.707. The molecule has 2 rings (SSSR count). The van der Waals surface area contributed by atoms with E-state index in [1.165, 1.54) is 36.8 Å². The van der Waals surface area contributed by atoms with Crippen LogP contribution in [0.5, 0.6) is 0 Å². The van der Waals surface area contributed by atoms with Gasteiger partial charge in [0, 0.05) is 6.42 Å². The number of aliphatic carboxylic acids is 1. The molecule has 0 saturated heterocycles. The van der Waals surface area contributed by atoms with Crippen LogP contribution in [0.3, 0.4) is 0 Å². The van der Waals surface area contributed by atoms with E-state index in [-0.39, 0.29) is 6.42 Å². The number of rotatable bonds is 4. The number of aryl methyl sites for hydroxylation is 1. The van der Waals surface area contributed by atoms with Crippen LogP contribution in [0.2, 0.25) is 0 Å². The molecule has 1 aromatic carbocycles. The van der Waals surface area contributed by atoms with Crippen LogP contribution in [0.25, 0.3) is 0 Å². The van der Waals surface area contributed by atoms with Gasteiger partial charge in [0.1, 0.15) is 0 Å². The second-order valence-electron chi connectivity index (χ2n) is 7.51. The molecular weight excluding hydrogens is 260 g/mol. The summed E-state index contributed by atoms with van der Waals surface area (Å²) in [5, 5.41) is 8.90. The molecule has 1 N–H and O–H groups in total. The normalized spacial score (nSPS) is 23.0. The van der Waals surface area contributed by atoms with Gasteiger partial charge in [-0.1, -0.05) is 45.0 Å². The summed E-state index contributed by atoms with van der Waals surface area (Å²) in [5.74, 6) is 0.731. The molecule has 0 radical (unpaired) electrons. The molecule has 1 aliphatic rings. The zero-order chi connectivity index (χ0) is 15.5. The summed E-state index contributed by atoms with van der Waals surface area (Å²) in [7, 11) is 0. The molecule has 1 aromatic rings. The largest absolute Gasteiger partial charge is 0.481 e. The van der Waals surface area contributed by atoms with Crippen LogP contribution in [0.1, 0.15) is 69.9 Å². The zero-order valence-corrected chi connectivity index (χ0v) is 13.6. The molecule has 21 heavy (non-hydrogen) atoms. The van der Waals surface area contributed by atoms with Crippen molar-refractivity contribution in [2.45, 2.75) is 65.2 Å². The fourth-order valence-electron chi connectivity index (χ4n) is 3.67. The van der Waals surface area contributed by atoms with Crippen LogP contribution in [-0.2, 0) is 11.2 Å². The van der Waals surface area contributed by atoms with E-state index in [1.807, 2.05) is 6.07 Å². The van der Waals surface area contributed by atoms with Crippen LogP contribution >= 0.6 is 0 Å². The van der Waals surface area contributed by atoms with Crippen molar-refractivity contribution in [2.24, 2.45) is 11.3 Å². The van der Waals surface area contributed by atoms with Gasteiger partial charge in [-0.15, -0.1) is 0 Å². The molecule has 0 atom stereocenters. The van der Waals surface area contributed by atoms with E-state index in [1.54, 1.807) is 0 Å². The zero-order valence-electron chi connectivity index (χ0n) is 13.6. The Labute approximate surface area is 128 Å². The van der Waals surface area contributed by atoms with E-state index in [9.17, 15) is 4.79 Å². The van der Waals surface area contributed by atoms with Gasteiger partial charge >= 0.3 is 5.97 Å². The quantitative estimate of drug-likeness (QED) is 0.844. The summed E-state index contributed by atoms with van der Waals surface area (Å²) in [6.07, 6.45) is 5.96. The van der Waals surface area contributed by atoms with Crippen LogP contribution in [-0.4, -0.2) is 11.1 Å². The molecule has 0 bridgehead atoms. The number of hydrogen-bond donors (Lipinski definition) is 1. The predicted octanol–water partition coefficient (Wildman–Crippen LogP) is 5.02. The van der Waals surface area contributed by atoms with E-state index >= 15 is 0 Å². The summed E-state index contributed by atoms with van der Waals surface area (Å²) >= 11 is 0. The highest BCUT2D eigenvalue weighted by atomic mass is 16.4. The molecule has 2 nitrogen and oxygen atoms in total. The Hall–Kier alpha value is -1.31. The third kappa shape index (κ3) is 4.33. The van der Waals surface area contributed by atoms with Crippen molar-refractivity contribution in [1.82, 2.24) is 0 Å². The van der Waals surface area contributed by atoms with Crippen LogP contribution in [0, 0.1) is 11.3 Å². The lowest BCUT2D eigenvalue weighted by Crippen LogP contribution is -2.25. The third-order valence-corrected chi connectivity index (χ3v) is 5.06. The summed E-state index contributed by atoms with van der Waals surface area (Å²) in [6, 6.07) is 8.43. The Morgan fingerprint density at radius 1 is 1.14 bits per heavy atom. The number of benzene rings is 1. The van der Waals surface area contributed by atoms with Gasteiger partial charge in [0.05, 0.1) is 0 Å². The average molecular weight is 288 g/mol. The number of carbonyl (C=O) groups is 1. The Morgan fingerprint density at radius 2 is 1.76 bits per heavy atom. The molecule has 1 aliphatic carbocycles. The highest BCUT2D eigenvalue weighted by molar-refractivity contribution is 5.67. The van der Waals surface area contributed by atoms with Crippen molar-refractivity contribution in [3.8, 4) is 0 Å². The summed E-state index contributed by atoms with van der Waals surface area (Å²) < 4.78 is 0. The van der Waals surface area contributed by atoms with Crippen LogP contribution in [0.4, 0.5) is 0 Å². The molecule has 0 spiro atoms. The van der Waals surface area contributed by atoms with Gasteiger partial charge in [-0.2, -0.15) is 0 Å². The van der Waals surface area contributed by atoms with E-state index in [0.29, 0.717) is 17.8 Å². The van der Waals surface area contributed by atoms with Crippen molar-refractivity contribution in [3.05, 3.63) is 35.4 Å². The van der Waals surface area contributed by atoms with Gasteiger partial charge in [0.15, 0.2) is 0 Å². The molecule has 0 aromatic heterocycles. The van der Waals surface area contributed by atoms with E-state index in [2.05, 4.69) is 39.0 Å². The third-order valence-electron chi connectivity index (χ3n) is 5.06. The SMILES string of the molecule is CC(C)(C)C1CCC(c2ccccc2CCC(=O)O)CC1. The highest BCUT2D eigenvalue weighted by Gasteiger charge is 2.30. The Morgan fingerprint density at radius 3 is 2.33 bits per heavy atom. The van der Waals surface area contributed by atoms with Gasteiger partial charge in [-0.05, 0) is 60.5 Å². The van der Waals surface area contributed by atoms with Crippen molar-refractivity contribution >= 4 is 5.97 Å². The fourth-order valence-corrected chi connectivity index (χ4v) is 3.67. The fraction of sp³-hybridized carbons (Fsp3) is 0.632. The van der Waals surface area contributed by atoms with Crippen molar-refractivity contribution < 1.29 is 9.90 Å². The predicted molar refractivity (Wildman–Crippen MR) is 86.6 cm³/mol. The van der Waals surface area contributed by atoms with Gasteiger partial charge in [-0.3, -0.25) is 4.79 Å². The Kier molecular flexibility index (Phi) is 5.08. The van der Waals surface area contributed by atoms with Gasteiger partial charge < -0.3 is 5.11 Å². The first-order valence-electron chi connectivity index (χ1n) is 8.17. The maximum absolute atomic E-state index is 10.8. The standard InChI is InChI=1S/C19H28O2/c1-19(2,3)16-11-8-15(9-12-16)17-7-5-4-6-14(17)10-13-18(20)21/h4-7,15-16H,8-13H2,1-3H3,(H,20,21). The summed E-state index contributed by atoms with van der Waals surface area (Å²) in [6.45, 7) is 7.04. The monoisotopic (exact) mass is 288 g/mol. The maximum atomic E-state index is 10.8. The summed E-state index contributed by atoms with van der Waals surface area (Å²) in [4.78, 5) is 10.8. The molecule has 116 valence electrons. The highest BCUT2D eigenvalue weighted by Crippen LogP contribution is 2.43. The van der Waals surface area contributed by atoms with Gasteiger partial charge in [0.25, 0.3) is 0 Å². The second kappa shape index (κ2) is 6.64. The number of hydrogen-bond acceptors (Lipinski definition) is 1. The van der Waals surface area contributed by atoms with Gasteiger partial charge in [-0.25, -0.2) is 0 Å². The second-order valence-corrected chi connectivity index (χ2v) is 7.51. The molecule has 0 aliphatic heterocycles. The van der Waals surface area contributed by atoms with E-state index in [0.717, 1.165) is 5.92 Å². The Bertz CT molecular complexity index is 477. The van der Waals surface area contributed by atoms with E-state index in [4.69, 9.17) is 5.11 Å². The first-order valence-corrected chi connectivity index (χ1v) is 8.17. The van der Waals surface area contributed by atoms with Crippen LogP contribution < -0.4 is 0 Å². The number of carboxylic acids is 1. The smallest absolute Gasteiger partial charge is 0.303 e. The first-order chi connectivity index (χ1) is 9.88. The molecule has 2 heteroatoms. The summed E-state index contributed by atoms with van der Waals surface area (Å²) in [5.41, 5.74) is 3.04. The lowest BCUT2D eigenvalue weighted by atomic mass is 9.68. The van der Waals surface area contributed by atoms with Crippen LogP contribution in [0.15, 0.2) is 24.3 Å². The molecular formula is C19H28O2. The van der Waals surface area contributed by atoms with Crippen molar-refractivity contribution in [3.63, 3.8) is 0 Å². The number of carboxylic acid groups (broad SMARTS) is 1. The minimum absolute atomic E-state index is 0.231. The topological polar surface area (TPSA) is 37.3 Å². The lowest BCUT2D eigenvalue weighted by Gasteiger charge is -2.37. The molecule has 1 fully saturated rings. The van der Waals surface area contributed by atoms with Crippen molar-refractivity contribution in [1.29, 1.82) is 0 Å². The first kappa shape index (κ1) is 16.1. The van der Waals surface area contributed by atoms with E-state index < -0.39 is 5.97 Å². The molecule has 0 unspecified atom stereocenters. The van der Waals surface area contributed by atoms with Gasteiger partial charge in [0.2, 0.25) is 0 Å². The Balaban J connectivity index is 2.04. The molecule has 0 heterocycles. The molecule has 1 saturated carbocycles. The average Bonchev–Trinajstić information content (AvgIpc) is 2.44. The molecule has 0 amide bonds. The lowest BCUT2D eigenvalue weighted by molar-refractivity contribution is -0.136.